The average molecular weight is 1010 g/mol. The first-order valence-corrected chi connectivity index (χ1v) is 22.8. The number of methoxy groups -OCH3 is 1. The van der Waals surface area contributed by atoms with E-state index >= 15 is 0 Å². The Bertz CT molecular complexity index is 2310. The molecule has 19 heteroatoms. The molecule has 3 saturated heterocycles. The summed E-state index contributed by atoms with van der Waals surface area (Å²) in [6.45, 7) is 13.9. The Hall–Kier alpha value is -2.62. The lowest BCUT2D eigenvalue weighted by molar-refractivity contribution is -0.155. The van der Waals surface area contributed by atoms with E-state index in [-0.39, 0.29) is 110 Å². The van der Waals surface area contributed by atoms with Crippen LogP contribution < -0.4 is 15.6 Å². The molecule has 7 atom stereocenters. The molecule has 2 N–H and O–H groups in total. The number of anilines is 1. The molecule has 0 spiro atoms. The lowest BCUT2D eigenvalue weighted by Crippen LogP contribution is -2.60. The quantitative estimate of drug-likeness (QED) is 0.193. The maximum absolute atomic E-state index is 14.2. The number of carbonyl (C=O) groups excluding carboxylic acids is 3. The van der Waals surface area contributed by atoms with Gasteiger partial charge in [-0.2, -0.15) is 67.5 Å². The zero-order valence-electron chi connectivity index (χ0n) is 38.6. The number of pyridine rings is 1. The molecule has 0 radical (unpaired) electrons. The maximum atomic E-state index is 14.2. The summed E-state index contributed by atoms with van der Waals surface area (Å²) in [5.41, 5.74) is 11.0. The first-order chi connectivity index (χ1) is 28.8. The van der Waals surface area contributed by atoms with Crippen molar-refractivity contribution in [3.63, 3.8) is 0 Å². The van der Waals surface area contributed by atoms with Gasteiger partial charge in [-0.1, -0.05) is 26.8 Å². The third-order valence-electron chi connectivity index (χ3n) is 13.9. The number of rotatable bonds is 7. The van der Waals surface area contributed by atoms with Crippen molar-refractivity contribution in [2.75, 3.05) is 45.3 Å². The molecule has 1 saturated carbocycles. The fraction of sp³-hybridized carbons (Fsp3) is 0.587. The van der Waals surface area contributed by atoms with Gasteiger partial charge < -0.3 is 24.3 Å². The number of carbonyl (C=O) groups is 3. The lowest BCUT2D eigenvalue weighted by Gasteiger charge is -2.40. The molecule has 2 amide bonds. The largest absolute Gasteiger partial charge is 0.464 e. The molecule has 8 bridgehead atoms. The summed E-state index contributed by atoms with van der Waals surface area (Å²) in [6, 6.07) is 8.49. The third-order valence-corrected chi connectivity index (χ3v) is 14.8. The minimum absolute atomic E-state index is 0. The van der Waals surface area contributed by atoms with Crippen LogP contribution in [0.25, 0.3) is 33.4 Å². The van der Waals surface area contributed by atoms with Gasteiger partial charge in [0, 0.05) is 90.5 Å². The van der Waals surface area contributed by atoms with Crippen LogP contribution in [0, 0.1) is 17.3 Å². The van der Waals surface area contributed by atoms with Crippen molar-refractivity contribution < 1.29 is 23.9 Å². The highest BCUT2D eigenvalue weighted by molar-refractivity contribution is 7.60. The molecule has 5 aliphatic rings. The van der Waals surface area contributed by atoms with Gasteiger partial charge in [-0.05, 0) is 89.1 Å². The first kappa shape index (κ1) is 55.0. The van der Waals surface area contributed by atoms with E-state index in [2.05, 4.69) is 96.4 Å². The minimum atomic E-state index is -0.825. The number of hydrazine groups is 1. The van der Waals surface area contributed by atoms with E-state index in [1.165, 1.54) is 29.2 Å². The van der Waals surface area contributed by atoms with Gasteiger partial charge in [-0.15, -0.1) is 11.3 Å². The highest BCUT2D eigenvalue weighted by atomic mass is 32.1. The summed E-state index contributed by atoms with van der Waals surface area (Å²) in [7, 11) is 4.00. The Morgan fingerprint density at radius 2 is 1.78 bits per heavy atom. The van der Waals surface area contributed by atoms with Crippen LogP contribution >= 0.6 is 78.8 Å². The van der Waals surface area contributed by atoms with Crippen LogP contribution in [0.1, 0.15) is 89.1 Å². The average Bonchev–Trinajstić information content (AvgIpc) is 3.59. The lowest BCUT2D eigenvalue weighted by atomic mass is 9.84. The van der Waals surface area contributed by atoms with Gasteiger partial charge in [0.05, 0.1) is 46.7 Å². The SMILES string of the molecule is CCn1c(-c2cc(N3CC4CCC(C3)N4C)cnc2[C@H](C)OC)c2c3cc(ccc31)-c1csc(n1)C[C@H](NC(=O)[C@H]1C[C@@H]1C)C(=O)N1CCC[C@H](N1)C(=O)OCC(C)(C)C2.S.S.S.S.S. The minimum Gasteiger partial charge on any atom is -0.464 e. The number of thiazole rings is 1. The Labute approximate surface area is 423 Å². The highest BCUT2D eigenvalue weighted by Gasteiger charge is 2.42. The summed E-state index contributed by atoms with van der Waals surface area (Å²) in [4.78, 5) is 56.6. The number of nitrogens with zero attached hydrogens (tertiary/aromatic N) is 6. The zero-order chi connectivity index (χ0) is 42.0. The molecule has 7 heterocycles. The van der Waals surface area contributed by atoms with Crippen molar-refractivity contribution in [2.45, 2.75) is 116 Å². The van der Waals surface area contributed by atoms with Crippen LogP contribution in [0.15, 0.2) is 35.8 Å². The molecule has 4 aromatic rings. The summed E-state index contributed by atoms with van der Waals surface area (Å²) < 4.78 is 14.6. The Balaban J connectivity index is 0.00000185. The van der Waals surface area contributed by atoms with Crippen LogP contribution in [-0.4, -0.2) is 107 Å². The fourth-order valence-electron chi connectivity index (χ4n) is 10.1. The van der Waals surface area contributed by atoms with E-state index in [0.29, 0.717) is 43.8 Å². The monoisotopic (exact) mass is 1010 g/mol. The second-order valence-electron chi connectivity index (χ2n) is 18.7. The van der Waals surface area contributed by atoms with E-state index in [9.17, 15) is 14.4 Å². The standard InChI is InChI=1S/C46H60N8O5S.5H2S/c1-8-53-39-14-11-28-17-33(39)35(42(53)34-18-31(21-47-41(34)27(3)58-7)52-22-29-12-13-30(23-52)51(29)6)20-46(4,5)25-59-45(57)36-10-9-15-54(50-36)44(56)37(19-40-48-38(28)24-60-40)49-43(55)32-16-26(32)2;;;;;/h11,14,17-18,21,24,26-27,29-30,32,36-37,50H,8-10,12-13,15-16,19-20,22-23,25H2,1-7H3,(H,49,55);5*1H2/t26-,27-,29?,30?,32-,36-,37-;;;;;/m0...../s1. The molecule has 2 unspecified atom stereocenters. The number of amides is 2. The van der Waals surface area contributed by atoms with Gasteiger partial charge >= 0.3 is 5.97 Å². The topological polar surface area (TPSA) is 134 Å². The van der Waals surface area contributed by atoms with Crippen LogP contribution in [0.2, 0.25) is 0 Å². The normalized spacial score (nSPS) is 25.3. The first-order valence-electron chi connectivity index (χ1n) is 22.0. The van der Waals surface area contributed by atoms with Crippen LogP contribution in [-0.2, 0) is 43.2 Å². The second-order valence-corrected chi connectivity index (χ2v) is 19.7. The molecule has 9 rings (SSSR count). The second kappa shape index (κ2) is 22.2. The van der Waals surface area contributed by atoms with Crippen molar-refractivity contribution in [3.8, 4) is 22.5 Å². The number of aryl methyl sites for hydroxylation is 1. The Morgan fingerprint density at radius 3 is 2.45 bits per heavy atom. The number of fused-ring (bicyclic) bond motifs is 8. The highest BCUT2D eigenvalue weighted by Crippen LogP contribution is 2.44. The molecule has 65 heavy (non-hydrogen) atoms. The number of benzene rings is 1. The van der Waals surface area contributed by atoms with Gasteiger partial charge in [0.2, 0.25) is 5.91 Å². The molecular weight excluding hydrogens is 937 g/mol. The Morgan fingerprint density at radius 1 is 1.08 bits per heavy atom. The zero-order valence-corrected chi connectivity index (χ0v) is 44.4. The van der Waals surface area contributed by atoms with Gasteiger partial charge in [0.25, 0.3) is 5.91 Å². The third kappa shape index (κ3) is 11.0. The molecule has 13 nitrogen and oxygen atoms in total. The number of esters is 1. The van der Waals surface area contributed by atoms with Crippen LogP contribution in [0.4, 0.5) is 5.69 Å². The number of likely N-dealkylation sites (N-methyl/N-ethyl adjacent to an activating group) is 1. The van der Waals surface area contributed by atoms with Gasteiger partial charge in [-0.3, -0.25) is 29.3 Å². The number of hydrogen-bond donors (Lipinski definition) is 2. The van der Waals surface area contributed by atoms with Crippen molar-refractivity contribution in [3.05, 3.63) is 52.1 Å². The van der Waals surface area contributed by atoms with Crippen molar-refractivity contribution in [1.82, 2.24) is 35.2 Å². The summed E-state index contributed by atoms with van der Waals surface area (Å²) >= 11 is 1.50. The fourth-order valence-corrected chi connectivity index (χ4v) is 10.9. The predicted molar refractivity (Wildman–Crippen MR) is 285 cm³/mol. The van der Waals surface area contributed by atoms with Gasteiger partial charge in [-0.25, -0.2) is 10.4 Å². The predicted octanol–water partition coefficient (Wildman–Crippen LogP) is 6.71. The summed E-state index contributed by atoms with van der Waals surface area (Å²) in [5, 5.41) is 8.49. The number of piperazine rings is 1. The van der Waals surface area contributed by atoms with E-state index < -0.39 is 17.5 Å². The molecule has 360 valence electrons. The van der Waals surface area contributed by atoms with Gasteiger partial charge in [0.15, 0.2) is 0 Å². The molecule has 1 aliphatic carbocycles. The van der Waals surface area contributed by atoms with Crippen molar-refractivity contribution in [2.24, 2.45) is 17.3 Å². The number of nitrogens with one attached hydrogen (secondary N) is 2. The van der Waals surface area contributed by atoms with Gasteiger partial charge in [0.1, 0.15) is 12.1 Å². The number of hydrogen-bond acceptors (Lipinski definition) is 11. The smallest absolute Gasteiger partial charge is 0.324 e. The molecule has 4 fully saturated rings. The molecule has 1 aromatic carbocycles. The van der Waals surface area contributed by atoms with Crippen LogP contribution in [0.5, 0.6) is 0 Å². The molecule has 4 aliphatic heterocycles. The maximum Gasteiger partial charge on any atom is 0.324 e. The van der Waals surface area contributed by atoms with Crippen molar-refractivity contribution in [1.29, 1.82) is 0 Å². The molecule has 3 aromatic heterocycles. The Kier molecular flexibility index (Phi) is 18.8. The molecular formula is C46H70N8O5S6. The van der Waals surface area contributed by atoms with E-state index in [1.807, 2.05) is 6.20 Å². The van der Waals surface area contributed by atoms with E-state index in [0.717, 1.165) is 81.4 Å². The number of cyclic esters (lactones) is 1. The number of aromatic nitrogens is 3. The summed E-state index contributed by atoms with van der Waals surface area (Å²) in [6.07, 6.45) is 7.09. The van der Waals surface area contributed by atoms with E-state index in [1.54, 1.807) is 7.11 Å². The summed E-state index contributed by atoms with van der Waals surface area (Å²) in [5.74, 6) is -0.553. The number of ether oxygens (including phenoxy) is 2. The van der Waals surface area contributed by atoms with Crippen LogP contribution in [0.3, 0.4) is 0 Å². The van der Waals surface area contributed by atoms with E-state index in [4.69, 9.17) is 19.4 Å². The van der Waals surface area contributed by atoms with Crippen molar-refractivity contribution >= 4 is 113 Å².